The molecule has 2 aromatic carbocycles. The monoisotopic (exact) mass is 392 g/mol. The molecule has 0 atom stereocenters. The van der Waals surface area contributed by atoms with Crippen molar-refractivity contribution in [2.75, 3.05) is 12.4 Å². The quantitative estimate of drug-likeness (QED) is 0.810. The molecule has 0 saturated heterocycles. The molecule has 21 heavy (non-hydrogen) atoms. The number of methoxy groups -OCH3 is 1. The number of hydrogen-bond acceptors (Lipinski definition) is 3. The van der Waals surface area contributed by atoms with Crippen molar-refractivity contribution < 1.29 is 9.53 Å². The number of aryl methyl sites for hydroxylation is 1. The molecule has 1 amide bonds. The van der Waals surface area contributed by atoms with E-state index in [1.54, 1.807) is 24.3 Å². The zero-order chi connectivity index (χ0) is 15.4. The number of nitrogens with one attached hydrogen (secondary N) is 1. The van der Waals surface area contributed by atoms with Gasteiger partial charge in [-0.2, -0.15) is 5.26 Å². The maximum Gasteiger partial charge on any atom is 0.256 e. The average molecular weight is 392 g/mol. The number of carbonyl (C=O) groups excluding carboxylic acids is 1. The molecule has 0 radical (unpaired) electrons. The SMILES string of the molecule is COc1cc(C#N)ccc1NC(=O)c1cccc(C)c1I. The van der Waals surface area contributed by atoms with Gasteiger partial charge in [0.05, 0.1) is 30.0 Å². The summed E-state index contributed by atoms with van der Waals surface area (Å²) in [6.07, 6.45) is 0. The smallest absolute Gasteiger partial charge is 0.256 e. The topological polar surface area (TPSA) is 62.1 Å². The van der Waals surface area contributed by atoms with Gasteiger partial charge in [-0.05, 0) is 53.3 Å². The first kappa shape index (κ1) is 15.3. The summed E-state index contributed by atoms with van der Waals surface area (Å²) in [7, 11) is 1.50. The minimum absolute atomic E-state index is 0.203. The normalized spacial score (nSPS) is 9.81. The number of carbonyl (C=O) groups is 1. The largest absolute Gasteiger partial charge is 0.495 e. The number of amides is 1. The third-order valence-electron chi connectivity index (χ3n) is 3.02. The molecule has 0 spiro atoms. The van der Waals surface area contributed by atoms with E-state index in [9.17, 15) is 4.79 Å². The van der Waals surface area contributed by atoms with E-state index in [1.165, 1.54) is 7.11 Å². The predicted molar refractivity (Wildman–Crippen MR) is 89.6 cm³/mol. The maximum atomic E-state index is 12.4. The van der Waals surface area contributed by atoms with Crippen molar-refractivity contribution in [3.63, 3.8) is 0 Å². The molecule has 0 fully saturated rings. The second-order valence-electron chi connectivity index (χ2n) is 4.42. The van der Waals surface area contributed by atoms with E-state index < -0.39 is 0 Å². The number of anilines is 1. The fraction of sp³-hybridized carbons (Fsp3) is 0.125. The van der Waals surface area contributed by atoms with Crippen molar-refractivity contribution in [2.45, 2.75) is 6.92 Å². The van der Waals surface area contributed by atoms with Gasteiger partial charge in [0, 0.05) is 9.64 Å². The van der Waals surface area contributed by atoms with E-state index in [2.05, 4.69) is 27.9 Å². The molecule has 0 aliphatic carbocycles. The van der Waals surface area contributed by atoms with E-state index >= 15 is 0 Å². The van der Waals surface area contributed by atoms with Gasteiger partial charge < -0.3 is 10.1 Å². The Morgan fingerprint density at radius 2 is 2.10 bits per heavy atom. The van der Waals surface area contributed by atoms with Crippen molar-refractivity contribution in [3.05, 3.63) is 56.7 Å². The second kappa shape index (κ2) is 6.59. The van der Waals surface area contributed by atoms with Crippen LogP contribution in [0.2, 0.25) is 0 Å². The molecule has 0 aliphatic heterocycles. The van der Waals surface area contributed by atoms with Crippen molar-refractivity contribution in [2.24, 2.45) is 0 Å². The molecule has 0 aromatic heterocycles. The average Bonchev–Trinajstić information content (AvgIpc) is 2.50. The van der Waals surface area contributed by atoms with Gasteiger partial charge in [-0.15, -0.1) is 0 Å². The van der Waals surface area contributed by atoms with Gasteiger partial charge in [-0.25, -0.2) is 0 Å². The highest BCUT2D eigenvalue weighted by molar-refractivity contribution is 14.1. The molecule has 0 unspecified atom stereocenters. The van der Waals surface area contributed by atoms with Gasteiger partial charge in [0.25, 0.3) is 5.91 Å². The molecule has 0 bridgehead atoms. The fourth-order valence-corrected chi connectivity index (χ4v) is 2.48. The van der Waals surface area contributed by atoms with Crippen LogP contribution in [0.15, 0.2) is 36.4 Å². The Bertz CT molecular complexity index is 736. The van der Waals surface area contributed by atoms with Gasteiger partial charge in [0.15, 0.2) is 0 Å². The predicted octanol–water partition coefficient (Wildman–Crippen LogP) is 3.73. The zero-order valence-electron chi connectivity index (χ0n) is 11.6. The lowest BCUT2D eigenvalue weighted by molar-refractivity contribution is 0.102. The molecular weight excluding hydrogens is 379 g/mol. The van der Waals surface area contributed by atoms with Crippen LogP contribution < -0.4 is 10.1 Å². The molecule has 0 heterocycles. The van der Waals surface area contributed by atoms with E-state index in [1.807, 2.05) is 25.1 Å². The van der Waals surface area contributed by atoms with Crippen LogP contribution in [0.1, 0.15) is 21.5 Å². The van der Waals surface area contributed by atoms with Crippen molar-refractivity contribution in [1.82, 2.24) is 0 Å². The first-order chi connectivity index (χ1) is 10.1. The van der Waals surface area contributed by atoms with Crippen LogP contribution in [0.25, 0.3) is 0 Å². The third-order valence-corrected chi connectivity index (χ3v) is 4.45. The van der Waals surface area contributed by atoms with Gasteiger partial charge >= 0.3 is 0 Å². The second-order valence-corrected chi connectivity index (χ2v) is 5.50. The Kier molecular flexibility index (Phi) is 4.81. The summed E-state index contributed by atoms with van der Waals surface area (Å²) >= 11 is 2.16. The van der Waals surface area contributed by atoms with E-state index in [-0.39, 0.29) is 5.91 Å². The van der Waals surface area contributed by atoms with Crippen molar-refractivity contribution in [1.29, 1.82) is 5.26 Å². The Balaban J connectivity index is 2.32. The summed E-state index contributed by atoms with van der Waals surface area (Å²) in [6.45, 7) is 1.96. The lowest BCUT2D eigenvalue weighted by Crippen LogP contribution is -2.14. The van der Waals surface area contributed by atoms with E-state index in [0.717, 1.165) is 9.13 Å². The molecule has 0 aliphatic rings. The van der Waals surface area contributed by atoms with Crippen LogP contribution in [0.4, 0.5) is 5.69 Å². The van der Waals surface area contributed by atoms with Gasteiger partial charge in [-0.1, -0.05) is 12.1 Å². The minimum Gasteiger partial charge on any atom is -0.495 e. The third kappa shape index (κ3) is 3.34. The number of halogens is 1. The Morgan fingerprint density at radius 1 is 1.33 bits per heavy atom. The van der Waals surface area contributed by atoms with Crippen LogP contribution in [0.5, 0.6) is 5.75 Å². The van der Waals surface area contributed by atoms with Crippen LogP contribution in [-0.4, -0.2) is 13.0 Å². The lowest BCUT2D eigenvalue weighted by Gasteiger charge is -2.12. The molecule has 1 N–H and O–H groups in total. The molecule has 4 nitrogen and oxygen atoms in total. The molecule has 0 saturated carbocycles. The summed E-state index contributed by atoms with van der Waals surface area (Å²) in [5.41, 5.74) is 2.69. The summed E-state index contributed by atoms with van der Waals surface area (Å²) in [5, 5.41) is 11.7. The molecule has 106 valence electrons. The number of rotatable bonds is 3. The summed E-state index contributed by atoms with van der Waals surface area (Å²) in [5.74, 6) is 0.260. The highest BCUT2D eigenvalue weighted by Crippen LogP contribution is 2.26. The Morgan fingerprint density at radius 3 is 2.76 bits per heavy atom. The van der Waals surface area contributed by atoms with Gasteiger partial charge in [0.2, 0.25) is 0 Å². The van der Waals surface area contributed by atoms with Crippen molar-refractivity contribution >= 4 is 34.2 Å². The Hall–Kier alpha value is -2.07. The molecular formula is C16H13IN2O2. The summed E-state index contributed by atoms with van der Waals surface area (Å²) in [6, 6.07) is 12.5. The van der Waals surface area contributed by atoms with Crippen LogP contribution in [0, 0.1) is 21.8 Å². The number of nitriles is 1. The standard InChI is InChI=1S/C16H13IN2O2/c1-10-4-3-5-12(15(10)17)16(20)19-13-7-6-11(9-18)8-14(13)21-2/h3-8H,1-2H3,(H,19,20). The molecule has 2 rings (SSSR count). The lowest BCUT2D eigenvalue weighted by atomic mass is 10.1. The first-order valence-electron chi connectivity index (χ1n) is 6.21. The maximum absolute atomic E-state index is 12.4. The molecule has 2 aromatic rings. The summed E-state index contributed by atoms with van der Waals surface area (Å²) < 4.78 is 6.13. The van der Waals surface area contributed by atoms with Gasteiger partial charge in [0.1, 0.15) is 5.75 Å². The van der Waals surface area contributed by atoms with Crippen LogP contribution in [0.3, 0.4) is 0 Å². The summed E-state index contributed by atoms with van der Waals surface area (Å²) in [4.78, 5) is 12.4. The number of nitrogens with zero attached hydrogens (tertiary/aromatic N) is 1. The van der Waals surface area contributed by atoms with Crippen LogP contribution >= 0.6 is 22.6 Å². The zero-order valence-corrected chi connectivity index (χ0v) is 13.8. The number of ether oxygens (including phenoxy) is 1. The Labute approximate surface area is 136 Å². The molecule has 5 heteroatoms. The van der Waals surface area contributed by atoms with Crippen LogP contribution in [-0.2, 0) is 0 Å². The van der Waals surface area contributed by atoms with E-state index in [0.29, 0.717) is 22.6 Å². The number of hydrogen-bond donors (Lipinski definition) is 1. The fourth-order valence-electron chi connectivity index (χ4n) is 1.88. The highest BCUT2D eigenvalue weighted by atomic mass is 127. The first-order valence-corrected chi connectivity index (χ1v) is 7.29. The van der Waals surface area contributed by atoms with Gasteiger partial charge in [-0.3, -0.25) is 4.79 Å². The minimum atomic E-state index is -0.203. The van der Waals surface area contributed by atoms with E-state index in [4.69, 9.17) is 10.00 Å². The number of benzene rings is 2. The highest BCUT2D eigenvalue weighted by Gasteiger charge is 2.14. The van der Waals surface area contributed by atoms with Crippen molar-refractivity contribution in [3.8, 4) is 11.8 Å².